The molecule has 0 aromatic heterocycles. The Kier molecular flexibility index (Phi) is 10.4. The van der Waals surface area contributed by atoms with Gasteiger partial charge in [0.1, 0.15) is 6.10 Å². The predicted octanol–water partition coefficient (Wildman–Crippen LogP) is 2.19. The van der Waals surface area contributed by atoms with Crippen molar-refractivity contribution in [3.8, 4) is 0 Å². The molecule has 0 saturated carbocycles. The van der Waals surface area contributed by atoms with E-state index in [1.165, 1.54) is 25.7 Å². The van der Waals surface area contributed by atoms with E-state index < -0.39 is 0 Å². The zero-order valence-electron chi connectivity index (χ0n) is 9.33. The third-order valence-electron chi connectivity index (χ3n) is 1.80. The van der Waals surface area contributed by atoms with Crippen molar-refractivity contribution in [3.63, 3.8) is 0 Å². The van der Waals surface area contributed by atoms with E-state index in [0.717, 1.165) is 19.5 Å². The van der Waals surface area contributed by atoms with Crippen LogP contribution in [0.25, 0.3) is 0 Å². The lowest BCUT2D eigenvalue weighted by atomic mass is 10.3. The van der Waals surface area contributed by atoms with E-state index in [0.29, 0.717) is 6.61 Å². The Bertz CT molecular complexity index is 116. The summed E-state index contributed by atoms with van der Waals surface area (Å²) in [4.78, 5) is 9.44. The molecule has 0 radical (unpaired) electrons. The number of aldehydes is 1. The summed E-state index contributed by atoms with van der Waals surface area (Å²) >= 11 is 0. The minimum Gasteiger partial charge on any atom is -0.381 e. The largest absolute Gasteiger partial charge is 0.381 e. The van der Waals surface area contributed by atoms with Crippen LogP contribution in [0.15, 0.2) is 0 Å². The summed E-state index contributed by atoms with van der Waals surface area (Å²) in [6.07, 6.45) is 5.67. The number of carbonyl (C=O) groups excluding carboxylic acids is 1. The van der Waals surface area contributed by atoms with Gasteiger partial charge in [-0.1, -0.05) is 26.7 Å². The molecule has 14 heavy (non-hydrogen) atoms. The molecular formula is C11H22O3. The zero-order valence-corrected chi connectivity index (χ0v) is 9.33. The Morgan fingerprint density at radius 2 is 1.79 bits per heavy atom. The Morgan fingerprint density at radius 3 is 2.00 bits per heavy atom. The number of unbranched alkanes of at least 4 members (excludes halogenated alkanes) is 2. The third-order valence-corrected chi connectivity index (χ3v) is 1.80. The van der Waals surface area contributed by atoms with Crippen LogP contribution in [-0.2, 0) is 14.3 Å². The molecule has 3 nitrogen and oxygen atoms in total. The van der Waals surface area contributed by atoms with Crippen LogP contribution in [0.2, 0.25) is 0 Å². The summed E-state index contributed by atoms with van der Waals surface area (Å²) in [5.74, 6) is 0. The highest BCUT2D eigenvalue weighted by molar-refractivity contribution is 5.58. The fourth-order valence-corrected chi connectivity index (χ4v) is 0.729. The summed E-state index contributed by atoms with van der Waals surface area (Å²) < 4.78 is 9.80. The molecule has 84 valence electrons. The first-order valence-corrected chi connectivity index (χ1v) is 5.49. The van der Waals surface area contributed by atoms with E-state index in [-0.39, 0.29) is 6.10 Å². The summed E-state index contributed by atoms with van der Waals surface area (Å²) in [5.41, 5.74) is 0. The van der Waals surface area contributed by atoms with Crippen LogP contribution < -0.4 is 0 Å². The summed E-state index contributed by atoms with van der Waals surface area (Å²) in [7, 11) is 0. The van der Waals surface area contributed by atoms with E-state index in [2.05, 4.69) is 18.6 Å². The summed E-state index contributed by atoms with van der Waals surface area (Å²) in [6, 6.07) is 0. The van der Waals surface area contributed by atoms with Gasteiger partial charge in [0.25, 0.3) is 0 Å². The van der Waals surface area contributed by atoms with Crippen molar-refractivity contribution in [1.82, 2.24) is 0 Å². The van der Waals surface area contributed by atoms with Crippen LogP contribution in [0.5, 0.6) is 0 Å². The molecule has 1 heterocycles. The lowest BCUT2D eigenvalue weighted by Crippen LogP contribution is -1.95. The van der Waals surface area contributed by atoms with E-state index in [1.807, 2.05) is 0 Å². The van der Waals surface area contributed by atoms with Gasteiger partial charge in [-0.15, -0.1) is 0 Å². The number of hydrogen-bond donors (Lipinski definition) is 0. The molecule has 1 fully saturated rings. The highest BCUT2D eigenvalue weighted by atomic mass is 16.6. The van der Waals surface area contributed by atoms with Crippen molar-refractivity contribution in [2.24, 2.45) is 0 Å². The van der Waals surface area contributed by atoms with Gasteiger partial charge in [-0.2, -0.15) is 0 Å². The van der Waals surface area contributed by atoms with Crippen molar-refractivity contribution in [2.75, 3.05) is 19.8 Å². The van der Waals surface area contributed by atoms with Gasteiger partial charge in [0.05, 0.1) is 6.61 Å². The first-order valence-electron chi connectivity index (χ1n) is 5.49. The molecule has 0 bridgehead atoms. The van der Waals surface area contributed by atoms with Crippen molar-refractivity contribution in [2.45, 2.75) is 45.6 Å². The van der Waals surface area contributed by atoms with Crippen molar-refractivity contribution in [3.05, 3.63) is 0 Å². The molecule has 0 amide bonds. The van der Waals surface area contributed by atoms with Gasteiger partial charge < -0.3 is 14.3 Å². The maximum atomic E-state index is 9.44. The Labute approximate surface area is 86.8 Å². The van der Waals surface area contributed by atoms with Gasteiger partial charge >= 0.3 is 0 Å². The zero-order chi connectivity index (χ0) is 10.6. The predicted molar refractivity (Wildman–Crippen MR) is 56.4 cm³/mol. The van der Waals surface area contributed by atoms with Crippen molar-refractivity contribution >= 4 is 6.29 Å². The van der Waals surface area contributed by atoms with Crippen LogP contribution in [0.4, 0.5) is 0 Å². The van der Waals surface area contributed by atoms with Gasteiger partial charge in [0, 0.05) is 13.2 Å². The van der Waals surface area contributed by atoms with E-state index >= 15 is 0 Å². The van der Waals surface area contributed by atoms with Crippen LogP contribution in [0.1, 0.15) is 39.5 Å². The number of carbonyl (C=O) groups is 1. The molecule has 0 spiro atoms. The molecule has 0 aliphatic carbocycles. The molecular weight excluding hydrogens is 180 g/mol. The number of ether oxygens (including phenoxy) is 2. The second kappa shape index (κ2) is 10.7. The molecule has 1 atom stereocenters. The average molecular weight is 202 g/mol. The summed E-state index contributed by atoms with van der Waals surface area (Å²) in [5, 5.41) is 0. The minimum atomic E-state index is -0.0463. The van der Waals surface area contributed by atoms with Gasteiger partial charge in [-0.25, -0.2) is 0 Å². The quantitative estimate of drug-likeness (QED) is 0.361. The van der Waals surface area contributed by atoms with Crippen LogP contribution >= 0.6 is 0 Å². The van der Waals surface area contributed by atoms with Crippen LogP contribution in [-0.4, -0.2) is 32.2 Å². The number of epoxide rings is 1. The molecule has 1 aliphatic heterocycles. The molecule has 3 heteroatoms. The second-order valence-corrected chi connectivity index (χ2v) is 3.33. The normalized spacial score (nSPS) is 18.3. The molecule has 0 N–H and O–H groups in total. The van der Waals surface area contributed by atoms with E-state index in [9.17, 15) is 4.79 Å². The number of hydrogen-bond acceptors (Lipinski definition) is 3. The highest BCUT2D eigenvalue weighted by Crippen LogP contribution is 2.02. The second-order valence-electron chi connectivity index (χ2n) is 3.33. The molecule has 1 saturated heterocycles. The first kappa shape index (κ1) is 13.6. The Balaban J connectivity index is 0.000000280. The number of rotatable bonds is 7. The van der Waals surface area contributed by atoms with Gasteiger partial charge in [0.2, 0.25) is 0 Å². The first-order chi connectivity index (χ1) is 6.85. The monoisotopic (exact) mass is 202 g/mol. The summed E-state index contributed by atoms with van der Waals surface area (Å²) in [6.45, 7) is 6.92. The lowest BCUT2D eigenvalue weighted by molar-refractivity contribution is -0.108. The van der Waals surface area contributed by atoms with E-state index in [1.54, 1.807) is 0 Å². The molecule has 1 aliphatic rings. The SMILES string of the molecule is CCCCOCCCC.O=CC1CO1. The van der Waals surface area contributed by atoms with Gasteiger partial charge in [0.15, 0.2) is 6.29 Å². The molecule has 0 aromatic carbocycles. The van der Waals surface area contributed by atoms with Crippen LogP contribution in [0.3, 0.4) is 0 Å². The maximum absolute atomic E-state index is 9.44. The molecule has 1 unspecified atom stereocenters. The molecule has 0 aromatic rings. The fraction of sp³-hybridized carbons (Fsp3) is 0.909. The van der Waals surface area contributed by atoms with Gasteiger partial charge in [-0.05, 0) is 12.8 Å². The lowest BCUT2D eigenvalue weighted by Gasteiger charge is -1.99. The van der Waals surface area contributed by atoms with E-state index in [4.69, 9.17) is 4.74 Å². The van der Waals surface area contributed by atoms with Crippen molar-refractivity contribution in [1.29, 1.82) is 0 Å². The third kappa shape index (κ3) is 11.6. The smallest absolute Gasteiger partial charge is 0.151 e. The Hall–Kier alpha value is -0.410. The van der Waals surface area contributed by atoms with Gasteiger partial charge in [-0.3, -0.25) is 0 Å². The Morgan fingerprint density at radius 1 is 1.29 bits per heavy atom. The highest BCUT2D eigenvalue weighted by Gasteiger charge is 2.19. The molecule has 1 rings (SSSR count). The van der Waals surface area contributed by atoms with Crippen molar-refractivity contribution < 1.29 is 14.3 Å². The minimum absolute atomic E-state index is 0.0463. The van der Waals surface area contributed by atoms with Crippen LogP contribution in [0, 0.1) is 0 Å². The fourth-order valence-electron chi connectivity index (χ4n) is 0.729. The standard InChI is InChI=1S/C8H18O.C3H4O2/c1-3-5-7-9-8-6-4-2;4-1-3-2-5-3/h3-8H2,1-2H3;1,3H,2H2. The average Bonchev–Trinajstić information content (AvgIpc) is 3.02. The maximum Gasteiger partial charge on any atom is 0.151 e. The topological polar surface area (TPSA) is 38.8 Å².